The van der Waals surface area contributed by atoms with Crippen LogP contribution >= 0.6 is 0 Å². The van der Waals surface area contributed by atoms with E-state index in [1.807, 2.05) is 53.4 Å². The number of ether oxygens (including phenoxy) is 3. The van der Waals surface area contributed by atoms with Crippen LogP contribution in [0.5, 0.6) is 11.5 Å². The molecule has 1 N–H and O–H groups in total. The van der Waals surface area contributed by atoms with Gasteiger partial charge in [-0.25, -0.2) is 0 Å². The molecular formula is C22H23NO4. The molecule has 4 rings (SSSR count). The molecule has 0 aromatic heterocycles. The first-order valence-corrected chi connectivity index (χ1v) is 9.00. The molecule has 5 nitrogen and oxygen atoms in total. The second-order valence-corrected chi connectivity index (χ2v) is 6.55. The Balaban J connectivity index is 1.69. The number of methoxy groups -OCH3 is 2. The van der Waals surface area contributed by atoms with E-state index in [0.29, 0.717) is 18.9 Å². The lowest BCUT2D eigenvalue weighted by atomic mass is 9.92. The zero-order chi connectivity index (χ0) is 18.8. The van der Waals surface area contributed by atoms with Crippen molar-refractivity contribution in [2.75, 3.05) is 20.8 Å². The molecule has 0 radical (unpaired) electrons. The van der Waals surface area contributed by atoms with Gasteiger partial charge in [0, 0.05) is 29.8 Å². The van der Waals surface area contributed by atoms with E-state index >= 15 is 0 Å². The first kappa shape index (κ1) is 17.5. The Morgan fingerprint density at radius 1 is 1.04 bits per heavy atom. The first-order chi connectivity index (χ1) is 13.2. The van der Waals surface area contributed by atoms with Crippen LogP contribution in [0, 0.1) is 0 Å². The molecule has 0 bridgehead atoms. The zero-order valence-corrected chi connectivity index (χ0v) is 15.5. The second-order valence-electron chi connectivity index (χ2n) is 6.55. The van der Waals surface area contributed by atoms with Crippen LogP contribution in [0.3, 0.4) is 0 Å². The summed E-state index contributed by atoms with van der Waals surface area (Å²) in [6.07, 6.45) is 3.75. The molecule has 27 heavy (non-hydrogen) atoms. The van der Waals surface area contributed by atoms with Crippen molar-refractivity contribution in [3.63, 3.8) is 0 Å². The highest BCUT2D eigenvalue weighted by atomic mass is 16.5. The third-order valence-corrected chi connectivity index (χ3v) is 5.00. The maximum absolute atomic E-state index is 10.6. The molecule has 2 aliphatic heterocycles. The van der Waals surface area contributed by atoms with Crippen LogP contribution in [0.1, 0.15) is 16.7 Å². The van der Waals surface area contributed by atoms with Gasteiger partial charge in [0.1, 0.15) is 30.1 Å². The van der Waals surface area contributed by atoms with E-state index in [-0.39, 0.29) is 0 Å². The van der Waals surface area contributed by atoms with E-state index in [0.717, 1.165) is 40.3 Å². The summed E-state index contributed by atoms with van der Waals surface area (Å²) in [6.45, 7) is 1.15. The van der Waals surface area contributed by atoms with Crippen LogP contribution in [-0.2, 0) is 17.8 Å². The van der Waals surface area contributed by atoms with E-state index < -0.39 is 6.23 Å². The predicted molar refractivity (Wildman–Crippen MR) is 103 cm³/mol. The van der Waals surface area contributed by atoms with Crippen LogP contribution in [0.2, 0.25) is 0 Å². The Labute approximate surface area is 159 Å². The Morgan fingerprint density at radius 3 is 2.52 bits per heavy atom. The average molecular weight is 365 g/mol. The number of aliphatic hydroxyl groups excluding tert-OH is 1. The molecule has 0 saturated carbocycles. The molecule has 2 heterocycles. The van der Waals surface area contributed by atoms with Gasteiger partial charge >= 0.3 is 0 Å². The number of hydrogen-bond donors (Lipinski definition) is 1. The number of allylic oxidation sites excluding steroid dienone is 1. The molecule has 0 saturated heterocycles. The van der Waals surface area contributed by atoms with Crippen LogP contribution in [0.4, 0.5) is 0 Å². The molecule has 1 unspecified atom stereocenters. The van der Waals surface area contributed by atoms with E-state index in [4.69, 9.17) is 14.2 Å². The van der Waals surface area contributed by atoms with Crippen molar-refractivity contribution in [1.29, 1.82) is 0 Å². The number of benzene rings is 2. The maximum atomic E-state index is 10.6. The lowest BCUT2D eigenvalue weighted by Gasteiger charge is -2.39. The van der Waals surface area contributed by atoms with Gasteiger partial charge in [-0.1, -0.05) is 30.3 Å². The zero-order valence-electron chi connectivity index (χ0n) is 15.5. The topological polar surface area (TPSA) is 51.2 Å². The van der Waals surface area contributed by atoms with Crippen molar-refractivity contribution < 1.29 is 19.3 Å². The average Bonchev–Trinajstić information content (AvgIpc) is 2.72. The summed E-state index contributed by atoms with van der Waals surface area (Å²) in [5, 5.41) is 10.6. The summed E-state index contributed by atoms with van der Waals surface area (Å²) < 4.78 is 17.1. The van der Waals surface area contributed by atoms with Crippen LogP contribution in [0.25, 0.3) is 5.70 Å². The number of fused-ring (bicyclic) bond motifs is 3. The van der Waals surface area contributed by atoms with Gasteiger partial charge in [0.15, 0.2) is 0 Å². The molecule has 2 aromatic carbocycles. The van der Waals surface area contributed by atoms with Crippen molar-refractivity contribution in [3.8, 4) is 11.5 Å². The minimum absolute atomic E-state index is 0.450. The quantitative estimate of drug-likeness (QED) is 0.881. The summed E-state index contributed by atoms with van der Waals surface area (Å²) in [5.74, 6) is 2.25. The van der Waals surface area contributed by atoms with Crippen molar-refractivity contribution in [2.45, 2.75) is 19.3 Å². The first-order valence-electron chi connectivity index (χ1n) is 9.00. The van der Waals surface area contributed by atoms with Crippen LogP contribution in [0.15, 0.2) is 60.4 Å². The van der Waals surface area contributed by atoms with Gasteiger partial charge in [-0.05, 0) is 24.1 Å². The normalized spacial score (nSPS) is 18.0. The van der Waals surface area contributed by atoms with Crippen molar-refractivity contribution in [2.24, 2.45) is 0 Å². The highest BCUT2D eigenvalue weighted by molar-refractivity contribution is 5.78. The van der Waals surface area contributed by atoms with Crippen molar-refractivity contribution in [3.05, 3.63) is 77.1 Å². The van der Waals surface area contributed by atoms with Gasteiger partial charge < -0.3 is 24.2 Å². The largest absolute Gasteiger partial charge is 0.496 e. The van der Waals surface area contributed by atoms with E-state index in [9.17, 15) is 5.11 Å². The molecule has 1 atom stereocenters. The van der Waals surface area contributed by atoms with Crippen LogP contribution in [-0.4, -0.2) is 37.0 Å². The summed E-state index contributed by atoms with van der Waals surface area (Å²) >= 11 is 0. The van der Waals surface area contributed by atoms with E-state index in [1.165, 1.54) is 0 Å². The fourth-order valence-electron chi connectivity index (χ4n) is 3.67. The van der Waals surface area contributed by atoms with Gasteiger partial charge in [0.25, 0.3) is 0 Å². The molecule has 0 amide bonds. The van der Waals surface area contributed by atoms with Gasteiger partial charge in [-0.3, -0.25) is 0 Å². The molecule has 140 valence electrons. The molecule has 2 aliphatic rings. The van der Waals surface area contributed by atoms with Gasteiger partial charge in [-0.15, -0.1) is 0 Å². The standard InChI is InChI=1S/C22H23NO4/c1-25-19-8-9-20(26-2)22-17(19)10-11-23-18(22)12-16(13-21(23)24)27-14-15-6-4-3-5-7-15/h3-9,12-13,21,24H,10-11,14H2,1-2H3. The monoisotopic (exact) mass is 365 g/mol. The lowest BCUT2D eigenvalue weighted by Crippen LogP contribution is -2.39. The predicted octanol–water partition coefficient (Wildman–Crippen LogP) is 3.34. The van der Waals surface area contributed by atoms with Gasteiger partial charge in [-0.2, -0.15) is 0 Å². The highest BCUT2D eigenvalue weighted by Crippen LogP contribution is 2.43. The third-order valence-electron chi connectivity index (χ3n) is 5.00. The molecule has 5 heteroatoms. The molecule has 2 aromatic rings. The highest BCUT2D eigenvalue weighted by Gasteiger charge is 2.32. The number of nitrogens with zero attached hydrogens (tertiary/aromatic N) is 1. The minimum Gasteiger partial charge on any atom is -0.496 e. The number of rotatable bonds is 5. The number of hydrogen-bond acceptors (Lipinski definition) is 5. The summed E-state index contributed by atoms with van der Waals surface area (Å²) in [5.41, 5.74) is 4.02. The SMILES string of the molecule is COc1ccc(OC)c2c1CCN1C2=CC(OCc2ccccc2)=CC1O. The lowest BCUT2D eigenvalue weighted by molar-refractivity contribution is 0.0755. The summed E-state index contributed by atoms with van der Waals surface area (Å²) in [6, 6.07) is 13.8. The Hall–Kier alpha value is -2.92. The number of aliphatic hydroxyl groups is 1. The third kappa shape index (κ3) is 3.26. The Morgan fingerprint density at radius 2 is 1.78 bits per heavy atom. The van der Waals surface area contributed by atoms with Gasteiger partial charge in [0.2, 0.25) is 0 Å². The van der Waals surface area contributed by atoms with Crippen molar-refractivity contribution in [1.82, 2.24) is 4.90 Å². The maximum Gasteiger partial charge on any atom is 0.150 e. The van der Waals surface area contributed by atoms with Gasteiger partial charge in [0.05, 0.1) is 19.9 Å². The molecule has 0 fully saturated rings. The van der Waals surface area contributed by atoms with E-state index in [1.54, 1.807) is 20.3 Å². The second kappa shape index (κ2) is 7.37. The Kier molecular flexibility index (Phi) is 4.77. The molecule has 0 spiro atoms. The van der Waals surface area contributed by atoms with Crippen molar-refractivity contribution >= 4 is 5.70 Å². The molecule has 0 aliphatic carbocycles. The smallest absolute Gasteiger partial charge is 0.150 e. The Bertz CT molecular complexity index is 889. The fourth-order valence-corrected chi connectivity index (χ4v) is 3.67. The minimum atomic E-state index is -0.736. The summed E-state index contributed by atoms with van der Waals surface area (Å²) in [7, 11) is 3.33. The molecular weight excluding hydrogens is 342 g/mol. The fraction of sp³-hybridized carbons (Fsp3) is 0.273. The van der Waals surface area contributed by atoms with E-state index in [2.05, 4.69) is 0 Å². The summed E-state index contributed by atoms with van der Waals surface area (Å²) in [4.78, 5) is 1.96. The van der Waals surface area contributed by atoms with Crippen LogP contribution < -0.4 is 9.47 Å².